The average Bonchev–Trinajstić information content (AvgIpc) is 2.49. The molecule has 0 saturated carbocycles. The summed E-state index contributed by atoms with van der Waals surface area (Å²) in [5.74, 6) is -0.771. The normalized spacial score (nSPS) is 16.9. The van der Waals surface area contributed by atoms with E-state index in [0.717, 1.165) is 0 Å². The van der Waals surface area contributed by atoms with Crippen molar-refractivity contribution in [2.45, 2.75) is 19.4 Å². The van der Waals surface area contributed by atoms with Crippen molar-refractivity contribution < 1.29 is 22.3 Å². The highest BCUT2D eigenvalue weighted by Crippen LogP contribution is 2.48. The number of hydrogen-bond donors (Lipinski definition) is 1. The zero-order chi connectivity index (χ0) is 18.4. The minimum Gasteiger partial charge on any atom is -0.755 e. The van der Waals surface area contributed by atoms with Crippen LogP contribution in [0.1, 0.15) is 25.0 Å². The Balaban J connectivity index is 2.24. The Morgan fingerprint density at radius 1 is 1.20 bits per heavy atom. The topological polar surface area (TPSA) is 61.4 Å². The van der Waals surface area contributed by atoms with Crippen LogP contribution >= 0.6 is 11.6 Å². The van der Waals surface area contributed by atoms with Crippen molar-refractivity contribution in [1.82, 2.24) is 0 Å². The summed E-state index contributed by atoms with van der Waals surface area (Å²) in [6.45, 7) is 3.07. The highest BCUT2D eigenvalue weighted by molar-refractivity contribution is 7.80. The summed E-state index contributed by atoms with van der Waals surface area (Å²) in [4.78, 5) is 0. The minimum atomic E-state index is -2.54. The Labute approximate surface area is 150 Å². The molecule has 0 spiro atoms. The van der Waals surface area contributed by atoms with Crippen LogP contribution in [0.3, 0.4) is 0 Å². The molecule has 0 aromatic heterocycles. The summed E-state index contributed by atoms with van der Waals surface area (Å²) < 4.78 is 57.9. The van der Waals surface area contributed by atoms with Crippen molar-refractivity contribution in [3.05, 3.63) is 64.2 Å². The maximum Gasteiger partial charge on any atom is 0.155 e. The van der Waals surface area contributed by atoms with Gasteiger partial charge in [-0.15, -0.1) is 0 Å². The lowest BCUT2D eigenvalue weighted by Crippen LogP contribution is -2.33. The van der Waals surface area contributed by atoms with E-state index in [1.54, 1.807) is 0 Å². The predicted octanol–water partition coefficient (Wildman–Crippen LogP) is 4.59. The lowest BCUT2D eigenvalue weighted by Gasteiger charge is -2.34. The smallest absolute Gasteiger partial charge is 0.155 e. The van der Waals surface area contributed by atoms with E-state index in [4.69, 9.17) is 16.3 Å². The van der Waals surface area contributed by atoms with E-state index >= 15 is 4.39 Å². The molecule has 4 nitrogen and oxygen atoms in total. The van der Waals surface area contributed by atoms with E-state index in [1.165, 1.54) is 50.2 Å². The summed E-state index contributed by atoms with van der Waals surface area (Å²) in [6, 6.07) is 8.13. The number of rotatable bonds is 3. The molecule has 0 amide bonds. The van der Waals surface area contributed by atoms with Crippen LogP contribution in [-0.4, -0.2) is 14.4 Å². The Kier molecular flexibility index (Phi) is 4.57. The largest absolute Gasteiger partial charge is 0.755 e. The van der Waals surface area contributed by atoms with Gasteiger partial charge in [-0.25, -0.2) is 8.78 Å². The van der Waals surface area contributed by atoms with Gasteiger partial charge in [-0.1, -0.05) is 23.7 Å². The van der Waals surface area contributed by atoms with Gasteiger partial charge < -0.3 is 14.0 Å². The van der Waals surface area contributed by atoms with Gasteiger partial charge in [0.2, 0.25) is 0 Å². The fraction of sp³-hybridized carbons (Fsp3) is 0.176. The number of benzene rings is 2. The van der Waals surface area contributed by atoms with Crippen molar-refractivity contribution in [2.24, 2.45) is 0 Å². The number of ether oxygens (including phenoxy) is 1. The van der Waals surface area contributed by atoms with Crippen LogP contribution in [-0.2, 0) is 11.3 Å². The molecule has 3 rings (SSSR count). The first-order chi connectivity index (χ1) is 11.7. The Hall–Kier alpha value is -1.96. The fourth-order valence-corrected chi connectivity index (χ4v) is 3.29. The van der Waals surface area contributed by atoms with E-state index in [-0.39, 0.29) is 27.6 Å². The first-order valence-corrected chi connectivity index (χ1v) is 8.69. The summed E-state index contributed by atoms with van der Waals surface area (Å²) in [7, 11) is 0. The molecular formula is C17H13ClF2NO3S-. The molecule has 0 fully saturated rings. The summed E-state index contributed by atoms with van der Waals surface area (Å²) in [5, 5.41) is 0.107. The zero-order valence-corrected chi connectivity index (χ0v) is 14.8. The van der Waals surface area contributed by atoms with Crippen LogP contribution in [0.2, 0.25) is 5.02 Å². The molecule has 8 heteroatoms. The molecular weight excluding hydrogens is 372 g/mol. The Bertz CT molecular complexity index is 898. The first kappa shape index (κ1) is 17.8. The lowest BCUT2D eigenvalue weighted by molar-refractivity contribution is 0.117. The summed E-state index contributed by atoms with van der Waals surface area (Å²) in [6.07, 6.45) is 0. The molecule has 1 aliphatic heterocycles. The van der Waals surface area contributed by atoms with Crippen molar-refractivity contribution in [2.75, 3.05) is 4.72 Å². The van der Waals surface area contributed by atoms with Crippen LogP contribution in [0.4, 0.5) is 14.5 Å². The molecule has 0 saturated heterocycles. The van der Waals surface area contributed by atoms with Crippen molar-refractivity contribution in [1.29, 1.82) is 0 Å². The van der Waals surface area contributed by atoms with E-state index in [0.29, 0.717) is 5.56 Å². The van der Waals surface area contributed by atoms with Gasteiger partial charge in [-0.2, -0.15) is 0 Å². The van der Waals surface area contributed by atoms with Gasteiger partial charge in [0.25, 0.3) is 0 Å². The van der Waals surface area contributed by atoms with Crippen molar-refractivity contribution in [3.8, 4) is 5.75 Å². The van der Waals surface area contributed by atoms with Crippen molar-refractivity contribution in [3.63, 3.8) is 0 Å². The maximum atomic E-state index is 15.1. The van der Waals surface area contributed by atoms with Gasteiger partial charge in [-0.05, 0) is 37.6 Å². The second-order valence-corrected chi connectivity index (χ2v) is 7.06. The molecule has 2 aromatic carbocycles. The SMILES string of the molecule is CC1(C)Oc2cc(NS(=O)[O-])cc(Cl)c2C(c2ccc(F)cc2)=C1F. The third-order valence-electron chi connectivity index (χ3n) is 3.75. The zero-order valence-electron chi connectivity index (χ0n) is 13.2. The monoisotopic (exact) mass is 384 g/mol. The highest BCUT2D eigenvalue weighted by Gasteiger charge is 2.37. The molecule has 0 aliphatic carbocycles. The van der Waals surface area contributed by atoms with Crippen LogP contribution in [0, 0.1) is 5.82 Å². The molecule has 1 N–H and O–H groups in total. The number of halogens is 3. The van der Waals surface area contributed by atoms with Gasteiger partial charge in [0, 0.05) is 28.5 Å². The number of anilines is 1. The molecule has 1 unspecified atom stereocenters. The van der Waals surface area contributed by atoms with E-state index in [1.807, 2.05) is 0 Å². The Morgan fingerprint density at radius 3 is 2.44 bits per heavy atom. The van der Waals surface area contributed by atoms with Gasteiger partial charge in [0.1, 0.15) is 11.6 Å². The van der Waals surface area contributed by atoms with Crippen LogP contribution in [0.15, 0.2) is 42.2 Å². The molecule has 1 aliphatic rings. The summed E-state index contributed by atoms with van der Waals surface area (Å²) in [5.41, 5.74) is -0.200. The van der Waals surface area contributed by atoms with Gasteiger partial charge >= 0.3 is 0 Å². The fourth-order valence-electron chi connectivity index (χ4n) is 2.68. The standard InChI is InChI=1S/C17H14ClF2NO3S/c1-17(2)16(20)14(9-3-5-10(19)6-4-9)15-12(18)7-11(21-25(22)23)8-13(15)24-17/h3-8,21H,1-2H3,(H,22,23)/p-1. The molecule has 1 heterocycles. The summed E-state index contributed by atoms with van der Waals surface area (Å²) >= 11 is 3.73. The average molecular weight is 385 g/mol. The number of fused-ring (bicyclic) bond motifs is 1. The van der Waals surface area contributed by atoms with Crippen LogP contribution in [0.25, 0.3) is 5.57 Å². The van der Waals surface area contributed by atoms with Gasteiger partial charge in [-0.3, -0.25) is 4.21 Å². The molecule has 1 atom stereocenters. The second kappa shape index (κ2) is 6.40. The van der Waals surface area contributed by atoms with Gasteiger partial charge in [0.05, 0.1) is 10.7 Å². The maximum absolute atomic E-state index is 15.1. The first-order valence-electron chi connectivity index (χ1n) is 7.24. The van der Waals surface area contributed by atoms with Gasteiger partial charge in [0.15, 0.2) is 11.4 Å². The van der Waals surface area contributed by atoms with E-state index in [9.17, 15) is 13.2 Å². The van der Waals surface area contributed by atoms with Crippen molar-refractivity contribution >= 4 is 34.1 Å². The van der Waals surface area contributed by atoms with Crippen LogP contribution < -0.4 is 9.46 Å². The Morgan fingerprint density at radius 2 is 1.84 bits per heavy atom. The second-order valence-electron chi connectivity index (χ2n) is 5.98. The molecule has 0 bridgehead atoms. The van der Waals surface area contributed by atoms with E-state index in [2.05, 4.69) is 4.72 Å². The number of nitrogens with one attached hydrogen (secondary N) is 1. The molecule has 25 heavy (non-hydrogen) atoms. The predicted molar refractivity (Wildman–Crippen MR) is 92.2 cm³/mol. The van der Waals surface area contributed by atoms with E-state index < -0.39 is 28.5 Å². The quantitative estimate of drug-likeness (QED) is 0.787. The molecule has 2 aromatic rings. The lowest BCUT2D eigenvalue weighted by atomic mass is 9.88. The third kappa shape index (κ3) is 3.40. The molecule has 0 radical (unpaired) electrons. The minimum absolute atomic E-state index is 0.107. The molecule has 132 valence electrons. The highest BCUT2D eigenvalue weighted by atomic mass is 35.5. The third-order valence-corrected chi connectivity index (χ3v) is 4.45. The van der Waals surface area contributed by atoms with Crippen LogP contribution in [0.5, 0.6) is 5.75 Å². The number of hydrogen-bond acceptors (Lipinski definition) is 3.